The first-order valence-corrected chi connectivity index (χ1v) is 5.83. The molecular formula is C12H16N2O2S2. The van der Waals surface area contributed by atoms with E-state index in [1.807, 2.05) is 0 Å². The van der Waals surface area contributed by atoms with Gasteiger partial charge in [-0.15, -0.1) is 12.8 Å². The lowest BCUT2D eigenvalue weighted by molar-refractivity contribution is 0.0942. The Hall–Kier alpha value is -1.50. The van der Waals surface area contributed by atoms with E-state index in [0.29, 0.717) is 0 Å². The van der Waals surface area contributed by atoms with Crippen molar-refractivity contribution >= 4 is 34.8 Å². The van der Waals surface area contributed by atoms with Crippen LogP contribution in [0.1, 0.15) is 0 Å². The van der Waals surface area contributed by atoms with Crippen LogP contribution >= 0.6 is 24.4 Å². The van der Waals surface area contributed by atoms with Crippen LogP contribution in [0.15, 0.2) is 0 Å². The highest BCUT2D eigenvalue weighted by Gasteiger charge is 2.24. The van der Waals surface area contributed by atoms with Crippen LogP contribution in [-0.2, 0) is 9.47 Å². The largest absolute Gasteiger partial charge is 0.449 e. The lowest BCUT2D eigenvalue weighted by atomic mass is 10.2. The number of hydrogen-bond donors (Lipinski definition) is 0. The monoisotopic (exact) mass is 284 g/mol. The van der Waals surface area contributed by atoms with Crippen molar-refractivity contribution in [3.8, 4) is 24.7 Å². The Kier molecular flexibility index (Phi) is 7.11. The number of rotatable bonds is 3. The summed E-state index contributed by atoms with van der Waals surface area (Å²) in [6.45, 7) is 0. The third-order valence-electron chi connectivity index (χ3n) is 1.79. The van der Waals surface area contributed by atoms with E-state index in [0.717, 1.165) is 0 Å². The molecule has 2 atom stereocenters. The molecule has 0 saturated carbocycles. The molecule has 0 spiro atoms. The van der Waals surface area contributed by atoms with E-state index in [-0.39, 0.29) is 10.3 Å². The minimum absolute atomic E-state index is 0.234. The zero-order chi connectivity index (χ0) is 14.3. The number of ether oxygens (including phenoxy) is 2. The number of terminal acetylenes is 2. The molecule has 0 radical (unpaired) electrons. The lowest BCUT2D eigenvalue weighted by Crippen LogP contribution is -2.38. The van der Waals surface area contributed by atoms with Crippen LogP contribution in [0.4, 0.5) is 0 Å². The van der Waals surface area contributed by atoms with Crippen molar-refractivity contribution in [2.75, 3.05) is 28.2 Å². The van der Waals surface area contributed by atoms with Crippen molar-refractivity contribution in [1.82, 2.24) is 9.80 Å². The molecule has 0 rings (SSSR count). The highest BCUT2D eigenvalue weighted by molar-refractivity contribution is 7.80. The first-order chi connectivity index (χ1) is 8.33. The summed E-state index contributed by atoms with van der Waals surface area (Å²) in [5, 5.41) is 0.468. The van der Waals surface area contributed by atoms with Crippen molar-refractivity contribution in [2.45, 2.75) is 12.2 Å². The molecule has 0 amide bonds. The second-order valence-corrected chi connectivity index (χ2v) is 4.43. The normalized spacial score (nSPS) is 12.3. The summed E-state index contributed by atoms with van der Waals surface area (Å²) >= 11 is 9.99. The van der Waals surface area contributed by atoms with E-state index >= 15 is 0 Å². The second kappa shape index (κ2) is 7.75. The molecule has 6 heteroatoms. The maximum Gasteiger partial charge on any atom is 0.260 e. The topological polar surface area (TPSA) is 24.9 Å². The molecule has 0 bridgehead atoms. The molecule has 0 aromatic rings. The molecule has 0 saturated heterocycles. The van der Waals surface area contributed by atoms with Crippen molar-refractivity contribution in [3.63, 3.8) is 0 Å². The third-order valence-corrected chi connectivity index (χ3v) is 2.71. The van der Waals surface area contributed by atoms with Gasteiger partial charge in [0.2, 0.25) is 12.2 Å². The molecule has 0 heterocycles. The summed E-state index contributed by atoms with van der Waals surface area (Å²) in [5.74, 6) is 4.80. The van der Waals surface area contributed by atoms with Crippen LogP contribution in [0.3, 0.4) is 0 Å². The Morgan fingerprint density at radius 1 is 0.889 bits per heavy atom. The first-order valence-electron chi connectivity index (χ1n) is 5.01. The molecule has 0 aliphatic heterocycles. The van der Waals surface area contributed by atoms with Crippen molar-refractivity contribution < 1.29 is 9.47 Å². The average molecular weight is 284 g/mol. The van der Waals surface area contributed by atoms with E-state index in [4.69, 9.17) is 46.8 Å². The Morgan fingerprint density at radius 2 is 1.17 bits per heavy atom. The fourth-order valence-electron chi connectivity index (χ4n) is 0.794. The molecule has 98 valence electrons. The first kappa shape index (κ1) is 16.5. The van der Waals surface area contributed by atoms with Gasteiger partial charge in [0.25, 0.3) is 10.3 Å². The van der Waals surface area contributed by atoms with Gasteiger partial charge in [-0.2, -0.15) is 0 Å². The SMILES string of the molecule is C#C[C@H](OC(=S)N(C)C)[C@H](C#C)OC(=S)N(C)C. The summed E-state index contributed by atoms with van der Waals surface area (Å²) in [6, 6.07) is 0. The van der Waals surface area contributed by atoms with Crippen molar-refractivity contribution in [3.05, 3.63) is 0 Å². The number of hydrogen-bond acceptors (Lipinski definition) is 4. The predicted molar refractivity (Wildman–Crippen MR) is 80.0 cm³/mol. The van der Waals surface area contributed by atoms with Gasteiger partial charge in [0.15, 0.2) is 0 Å². The van der Waals surface area contributed by atoms with Gasteiger partial charge in [-0.05, 0) is 24.4 Å². The molecule has 0 aliphatic rings. The van der Waals surface area contributed by atoms with Crippen LogP contribution in [0, 0.1) is 24.7 Å². The molecule has 0 aliphatic carbocycles. The van der Waals surface area contributed by atoms with Gasteiger partial charge in [0, 0.05) is 28.2 Å². The van der Waals surface area contributed by atoms with E-state index in [1.165, 1.54) is 0 Å². The summed E-state index contributed by atoms with van der Waals surface area (Å²) in [4.78, 5) is 3.22. The average Bonchev–Trinajstić information content (AvgIpc) is 2.32. The summed E-state index contributed by atoms with van der Waals surface area (Å²) < 4.78 is 10.7. The van der Waals surface area contributed by atoms with Gasteiger partial charge in [-0.25, -0.2) is 0 Å². The quantitative estimate of drug-likeness (QED) is 0.559. The lowest BCUT2D eigenvalue weighted by Gasteiger charge is -2.25. The Morgan fingerprint density at radius 3 is 1.33 bits per heavy atom. The minimum atomic E-state index is -0.789. The van der Waals surface area contributed by atoms with Crippen LogP contribution in [0.25, 0.3) is 0 Å². The minimum Gasteiger partial charge on any atom is -0.449 e. The number of nitrogens with zero attached hydrogens (tertiary/aromatic N) is 2. The Balaban J connectivity index is 4.71. The van der Waals surface area contributed by atoms with Gasteiger partial charge >= 0.3 is 0 Å². The fourth-order valence-corrected chi connectivity index (χ4v) is 1.00. The number of thiocarbonyl (C=S) groups is 2. The molecule has 0 N–H and O–H groups in total. The molecule has 0 aromatic heterocycles. The van der Waals surface area contributed by atoms with Gasteiger partial charge in [-0.1, -0.05) is 11.8 Å². The van der Waals surface area contributed by atoms with Crippen molar-refractivity contribution in [2.24, 2.45) is 0 Å². The van der Waals surface area contributed by atoms with Crippen LogP contribution < -0.4 is 0 Å². The van der Waals surface area contributed by atoms with Gasteiger partial charge < -0.3 is 19.3 Å². The Labute approximate surface area is 119 Å². The van der Waals surface area contributed by atoms with E-state index in [1.54, 1.807) is 38.0 Å². The smallest absolute Gasteiger partial charge is 0.260 e. The standard InChI is InChI=1S/C12H16N2O2S2/c1-7-9(15-11(17)13(3)4)10(8-2)16-12(18)14(5)6/h1-2,9-10H,3-6H3/t9-,10-/m0/s1. The maximum absolute atomic E-state index is 5.37. The van der Waals surface area contributed by atoms with Crippen LogP contribution in [-0.4, -0.2) is 60.5 Å². The van der Waals surface area contributed by atoms with Crippen molar-refractivity contribution in [1.29, 1.82) is 0 Å². The van der Waals surface area contributed by atoms with E-state index in [9.17, 15) is 0 Å². The maximum atomic E-state index is 5.37. The van der Waals surface area contributed by atoms with Gasteiger partial charge in [0.05, 0.1) is 0 Å². The molecular weight excluding hydrogens is 268 g/mol. The van der Waals surface area contributed by atoms with Crippen LogP contribution in [0.5, 0.6) is 0 Å². The highest BCUT2D eigenvalue weighted by Crippen LogP contribution is 2.07. The van der Waals surface area contributed by atoms with Gasteiger partial charge in [0.1, 0.15) is 0 Å². The highest BCUT2D eigenvalue weighted by atomic mass is 32.1. The predicted octanol–water partition coefficient (Wildman–Crippen LogP) is 0.716. The zero-order valence-corrected chi connectivity index (χ0v) is 12.5. The van der Waals surface area contributed by atoms with E-state index in [2.05, 4.69) is 11.8 Å². The summed E-state index contributed by atoms with van der Waals surface area (Å²) in [7, 11) is 6.97. The Bertz CT molecular complexity index is 356. The fraction of sp³-hybridized carbons (Fsp3) is 0.500. The molecule has 18 heavy (non-hydrogen) atoms. The van der Waals surface area contributed by atoms with E-state index < -0.39 is 12.2 Å². The van der Waals surface area contributed by atoms with Crippen LogP contribution in [0.2, 0.25) is 0 Å². The summed E-state index contributed by atoms with van der Waals surface area (Å²) in [5.41, 5.74) is 0. The summed E-state index contributed by atoms with van der Waals surface area (Å²) in [6.07, 6.45) is 9.15. The van der Waals surface area contributed by atoms with Gasteiger partial charge in [-0.3, -0.25) is 0 Å². The third kappa shape index (κ3) is 5.22. The molecule has 0 unspecified atom stereocenters. The zero-order valence-electron chi connectivity index (χ0n) is 10.8. The molecule has 0 aromatic carbocycles. The molecule has 0 fully saturated rings. The second-order valence-electron chi connectivity index (χ2n) is 3.73. The molecule has 4 nitrogen and oxygen atoms in total.